The van der Waals surface area contributed by atoms with Crippen molar-refractivity contribution in [2.45, 2.75) is 18.9 Å². The lowest BCUT2D eigenvalue weighted by Crippen LogP contribution is -2.19. The second-order valence-electron chi connectivity index (χ2n) is 6.92. The zero-order chi connectivity index (χ0) is 20.4. The summed E-state index contributed by atoms with van der Waals surface area (Å²) in [6, 6.07) is 18.1. The number of nitrogens with one attached hydrogen (secondary N) is 1. The monoisotopic (exact) mass is 390 g/mol. The lowest BCUT2D eigenvalue weighted by molar-refractivity contribution is -0.117. The molecule has 2 aromatic carbocycles. The van der Waals surface area contributed by atoms with Crippen molar-refractivity contribution in [3.63, 3.8) is 0 Å². The van der Waals surface area contributed by atoms with Gasteiger partial charge in [-0.1, -0.05) is 30.3 Å². The van der Waals surface area contributed by atoms with Crippen LogP contribution in [0.2, 0.25) is 0 Å². The van der Waals surface area contributed by atoms with E-state index in [1.807, 2.05) is 28.8 Å². The lowest BCUT2D eigenvalue weighted by atomic mass is 10.0. The number of carbonyl (C=O) groups excluding carboxylic acids is 2. The molecule has 0 bridgehead atoms. The van der Waals surface area contributed by atoms with Crippen molar-refractivity contribution in [3.05, 3.63) is 77.6 Å². The Morgan fingerprint density at radius 2 is 1.66 bits per heavy atom. The molecule has 0 spiro atoms. The Bertz CT molecular complexity index is 1030. The Balaban J connectivity index is 1.55. The van der Waals surface area contributed by atoms with Gasteiger partial charge in [-0.25, -0.2) is 0 Å². The molecular formula is C23H22N2O4. The fraction of sp³-hybridized carbons (Fsp3) is 0.217. The second kappa shape index (κ2) is 7.83. The average Bonchev–Trinajstić information content (AvgIpc) is 3.35. The van der Waals surface area contributed by atoms with Gasteiger partial charge in [0.2, 0.25) is 11.7 Å². The molecule has 2 heterocycles. The van der Waals surface area contributed by atoms with Gasteiger partial charge in [0.1, 0.15) is 11.5 Å². The quantitative estimate of drug-likeness (QED) is 0.649. The molecule has 1 N–H and O–H groups in total. The highest BCUT2D eigenvalue weighted by atomic mass is 16.5. The summed E-state index contributed by atoms with van der Waals surface area (Å²) >= 11 is 0. The highest BCUT2D eigenvalue weighted by Crippen LogP contribution is 2.33. The Morgan fingerprint density at radius 3 is 2.31 bits per heavy atom. The summed E-state index contributed by atoms with van der Waals surface area (Å²) in [5.41, 5.74) is 2.72. The number of hydrogen-bond donors (Lipinski definition) is 1. The van der Waals surface area contributed by atoms with E-state index in [9.17, 15) is 9.59 Å². The first-order valence-corrected chi connectivity index (χ1v) is 9.44. The fourth-order valence-corrected chi connectivity index (χ4v) is 3.75. The molecular weight excluding hydrogens is 368 g/mol. The van der Waals surface area contributed by atoms with Crippen molar-refractivity contribution in [1.82, 2.24) is 4.57 Å². The fourth-order valence-electron chi connectivity index (χ4n) is 3.75. The molecule has 4 rings (SSSR count). The Labute approximate surface area is 169 Å². The Hall–Kier alpha value is -3.54. The number of fused-ring (bicyclic) bond motifs is 1. The van der Waals surface area contributed by atoms with E-state index in [4.69, 9.17) is 9.47 Å². The van der Waals surface area contributed by atoms with Gasteiger partial charge >= 0.3 is 0 Å². The van der Waals surface area contributed by atoms with E-state index in [-0.39, 0.29) is 17.6 Å². The van der Waals surface area contributed by atoms with Gasteiger partial charge in [-0.2, -0.15) is 0 Å². The minimum absolute atomic E-state index is 0.0320. The van der Waals surface area contributed by atoms with E-state index in [0.29, 0.717) is 41.4 Å². The van der Waals surface area contributed by atoms with E-state index in [1.54, 1.807) is 50.6 Å². The van der Waals surface area contributed by atoms with Gasteiger partial charge in [-0.3, -0.25) is 9.59 Å². The molecule has 0 aliphatic carbocycles. The topological polar surface area (TPSA) is 69.6 Å². The van der Waals surface area contributed by atoms with Crippen LogP contribution in [0.3, 0.4) is 0 Å². The van der Waals surface area contributed by atoms with Crippen LogP contribution in [0.1, 0.15) is 34.1 Å². The molecule has 1 atom stereocenters. The van der Waals surface area contributed by atoms with Gasteiger partial charge in [0.25, 0.3) is 0 Å². The number of anilines is 1. The van der Waals surface area contributed by atoms with Crippen molar-refractivity contribution in [2.75, 3.05) is 19.5 Å². The summed E-state index contributed by atoms with van der Waals surface area (Å²) in [4.78, 5) is 25.8. The largest absolute Gasteiger partial charge is 0.497 e. The second-order valence-corrected chi connectivity index (χ2v) is 6.92. The molecule has 29 heavy (non-hydrogen) atoms. The first-order valence-electron chi connectivity index (χ1n) is 9.44. The molecule has 0 saturated heterocycles. The minimum Gasteiger partial charge on any atom is -0.497 e. The number of methoxy groups -OCH3 is 2. The van der Waals surface area contributed by atoms with Crippen molar-refractivity contribution >= 4 is 17.4 Å². The van der Waals surface area contributed by atoms with E-state index < -0.39 is 0 Å². The maximum atomic E-state index is 12.9. The molecule has 1 amide bonds. The van der Waals surface area contributed by atoms with Crippen molar-refractivity contribution < 1.29 is 19.1 Å². The average molecular weight is 390 g/mol. The number of aromatic nitrogens is 1. The van der Waals surface area contributed by atoms with E-state index in [2.05, 4.69) is 5.32 Å². The van der Waals surface area contributed by atoms with E-state index in [1.165, 1.54) is 0 Å². The molecule has 1 aliphatic rings. The first-order chi connectivity index (χ1) is 14.1. The van der Waals surface area contributed by atoms with Crippen LogP contribution < -0.4 is 14.8 Å². The van der Waals surface area contributed by atoms with Crippen LogP contribution in [0.4, 0.5) is 5.69 Å². The standard InChI is InChI=1S/C23H22N2O4/c1-28-17-12-16(13-18(14-17)29-2)24-23(27)19-10-11-25-20(19)8-9-21(25)22(26)15-6-4-3-5-7-15/h3-9,12-14,19H,10-11H2,1-2H3,(H,24,27)/t19-/m1/s1. The Kier molecular flexibility index (Phi) is 5.08. The summed E-state index contributed by atoms with van der Waals surface area (Å²) in [7, 11) is 3.13. The summed E-state index contributed by atoms with van der Waals surface area (Å²) in [6.07, 6.45) is 0.651. The predicted octanol–water partition coefficient (Wildman–Crippen LogP) is 3.86. The number of hydrogen-bond acceptors (Lipinski definition) is 4. The Morgan fingerprint density at radius 1 is 0.966 bits per heavy atom. The lowest BCUT2D eigenvalue weighted by Gasteiger charge is -2.13. The molecule has 0 fully saturated rings. The maximum absolute atomic E-state index is 12.9. The summed E-state index contributed by atoms with van der Waals surface area (Å²) < 4.78 is 12.5. The molecule has 1 aromatic heterocycles. The van der Waals surface area contributed by atoms with Gasteiger partial charge in [0.15, 0.2) is 0 Å². The molecule has 0 radical (unpaired) electrons. The SMILES string of the molecule is COc1cc(NC(=O)[C@@H]2CCn3c(C(=O)c4ccccc4)ccc32)cc(OC)c1. The van der Waals surface area contributed by atoms with Gasteiger partial charge in [0.05, 0.1) is 25.8 Å². The maximum Gasteiger partial charge on any atom is 0.233 e. The van der Waals surface area contributed by atoms with Gasteiger partial charge in [-0.05, 0) is 18.6 Å². The number of ether oxygens (including phenoxy) is 2. The normalized spacial score (nSPS) is 14.9. The van der Waals surface area contributed by atoms with E-state index >= 15 is 0 Å². The number of nitrogens with zero attached hydrogens (tertiary/aromatic N) is 1. The number of amides is 1. The molecule has 3 aromatic rings. The number of benzene rings is 2. The molecule has 0 saturated carbocycles. The minimum atomic E-state index is -0.315. The molecule has 148 valence electrons. The summed E-state index contributed by atoms with van der Waals surface area (Å²) in [5.74, 6) is 0.742. The van der Waals surface area contributed by atoms with Crippen LogP contribution in [-0.4, -0.2) is 30.5 Å². The van der Waals surface area contributed by atoms with Gasteiger partial charge in [0, 0.05) is 41.7 Å². The zero-order valence-electron chi connectivity index (χ0n) is 16.3. The molecule has 6 nitrogen and oxygen atoms in total. The predicted molar refractivity (Wildman–Crippen MR) is 110 cm³/mol. The van der Waals surface area contributed by atoms with Crippen molar-refractivity contribution in [2.24, 2.45) is 0 Å². The molecule has 0 unspecified atom stereocenters. The smallest absolute Gasteiger partial charge is 0.233 e. The highest BCUT2D eigenvalue weighted by molar-refractivity contribution is 6.08. The third-order valence-corrected chi connectivity index (χ3v) is 5.22. The number of carbonyl (C=O) groups is 2. The van der Waals surface area contributed by atoms with Crippen LogP contribution in [0.5, 0.6) is 11.5 Å². The number of ketones is 1. The van der Waals surface area contributed by atoms with Crippen LogP contribution in [0.15, 0.2) is 60.7 Å². The molecule has 1 aliphatic heterocycles. The van der Waals surface area contributed by atoms with Crippen LogP contribution in [0.25, 0.3) is 0 Å². The zero-order valence-corrected chi connectivity index (χ0v) is 16.3. The first kappa shape index (κ1) is 18.8. The third-order valence-electron chi connectivity index (χ3n) is 5.22. The summed E-state index contributed by atoms with van der Waals surface area (Å²) in [6.45, 7) is 0.635. The van der Waals surface area contributed by atoms with E-state index in [0.717, 1.165) is 5.69 Å². The van der Waals surface area contributed by atoms with Crippen LogP contribution in [0, 0.1) is 0 Å². The van der Waals surface area contributed by atoms with Gasteiger partial charge < -0.3 is 19.4 Å². The highest BCUT2D eigenvalue weighted by Gasteiger charge is 2.32. The number of rotatable bonds is 6. The molecule has 6 heteroatoms. The van der Waals surface area contributed by atoms with Gasteiger partial charge in [-0.15, -0.1) is 0 Å². The van der Waals surface area contributed by atoms with Crippen molar-refractivity contribution in [1.29, 1.82) is 0 Å². The summed E-state index contributed by atoms with van der Waals surface area (Å²) in [5, 5.41) is 2.95. The van der Waals surface area contributed by atoms with Crippen molar-refractivity contribution in [3.8, 4) is 11.5 Å². The van der Waals surface area contributed by atoms with Crippen LogP contribution in [-0.2, 0) is 11.3 Å². The third kappa shape index (κ3) is 3.61. The van der Waals surface area contributed by atoms with Crippen LogP contribution >= 0.6 is 0 Å².